The zero-order valence-electron chi connectivity index (χ0n) is 25.5. The van der Waals surface area contributed by atoms with Crippen LogP contribution in [0.3, 0.4) is 0 Å². The number of carbonyl (C=O) groups is 6. The fraction of sp³-hybridized carbons (Fsp3) is 0.600. The maximum atomic E-state index is 13.0. The molecule has 0 saturated heterocycles. The molecule has 5 N–H and O–H groups in total. The summed E-state index contributed by atoms with van der Waals surface area (Å²) in [7, 11) is 0. The number of carbonyl (C=O) groups excluding carboxylic acids is 6. The van der Waals surface area contributed by atoms with Crippen LogP contribution in [0.25, 0.3) is 0 Å². The Bertz CT molecular complexity index is 1100. The van der Waals surface area contributed by atoms with E-state index in [0.717, 1.165) is 31.2 Å². The van der Waals surface area contributed by atoms with Gasteiger partial charge in [0, 0.05) is 6.42 Å². The summed E-state index contributed by atoms with van der Waals surface area (Å²) in [6, 6.07) is 7.91. The molecule has 0 spiro atoms. The molecule has 0 bridgehead atoms. The molecule has 0 radical (unpaired) electrons. The Balaban J connectivity index is 1.80. The number of hydrogen-bond donors (Lipinski definition) is 5. The summed E-state index contributed by atoms with van der Waals surface area (Å²) in [5, 5.41) is 12.2. The Morgan fingerprint density at radius 3 is 2.02 bits per heavy atom. The molecule has 14 heteroatoms. The minimum Gasteiger partial charge on any atom is -0.464 e. The molecule has 0 unspecified atom stereocenters. The average molecular weight is 620 g/mol. The number of hydrogen-bond acceptors (Lipinski definition) is 9. The molecule has 1 aliphatic rings. The number of ether oxygens (including phenoxy) is 3. The zero-order chi connectivity index (χ0) is 32.2. The predicted octanol–water partition coefficient (Wildman–Crippen LogP) is 0.829. The first-order valence-electron chi connectivity index (χ1n) is 15.0. The normalized spacial score (nSPS) is 13.8. The molecule has 1 aromatic carbocycles. The number of unbranched alkanes of at least 4 members (excludes halogenated alkanes) is 2. The number of esters is 1. The van der Waals surface area contributed by atoms with Gasteiger partial charge in [-0.15, -0.1) is 0 Å². The summed E-state index contributed by atoms with van der Waals surface area (Å²) >= 11 is 0. The largest absolute Gasteiger partial charge is 0.464 e. The number of amides is 5. The lowest BCUT2D eigenvalue weighted by Crippen LogP contribution is -2.53. The van der Waals surface area contributed by atoms with Crippen molar-refractivity contribution in [2.75, 3.05) is 39.6 Å². The van der Waals surface area contributed by atoms with Crippen LogP contribution in [0.15, 0.2) is 30.3 Å². The van der Waals surface area contributed by atoms with E-state index < -0.39 is 60.4 Å². The third-order valence-electron chi connectivity index (χ3n) is 6.81. The van der Waals surface area contributed by atoms with Gasteiger partial charge in [-0.25, -0.2) is 9.59 Å². The molecule has 2 rings (SSSR count). The van der Waals surface area contributed by atoms with Gasteiger partial charge in [-0.3, -0.25) is 19.2 Å². The van der Waals surface area contributed by atoms with Gasteiger partial charge in [-0.1, -0.05) is 57.0 Å². The minimum absolute atomic E-state index is 0.130. The molecule has 1 aliphatic carbocycles. The smallest absolute Gasteiger partial charge is 0.407 e. The molecular formula is C30H45N5O9. The van der Waals surface area contributed by atoms with Crippen molar-refractivity contribution in [1.82, 2.24) is 26.6 Å². The van der Waals surface area contributed by atoms with E-state index in [9.17, 15) is 28.8 Å². The molecule has 14 nitrogen and oxygen atoms in total. The van der Waals surface area contributed by atoms with Crippen LogP contribution < -0.4 is 26.6 Å². The molecule has 1 saturated carbocycles. The van der Waals surface area contributed by atoms with Crippen molar-refractivity contribution in [2.45, 2.75) is 76.9 Å². The van der Waals surface area contributed by atoms with E-state index in [1.165, 1.54) is 0 Å². The monoisotopic (exact) mass is 619 g/mol. The molecule has 44 heavy (non-hydrogen) atoms. The topological polar surface area (TPSA) is 190 Å². The van der Waals surface area contributed by atoms with E-state index in [4.69, 9.17) is 14.2 Å². The summed E-state index contributed by atoms with van der Waals surface area (Å²) in [5.74, 6) is -2.86. The van der Waals surface area contributed by atoms with Crippen LogP contribution in [-0.2, 0) is 44.6 Å². The summed E-state index contributed by atoms with van der Waals surface area (Å²) < 4.78 is 15.9. The van der Waals surface area contributed by atoms with Crippen LogP contribution in [0.1, 0.15) is 64.4 Å². The summed E-state index contributed by atoms with van der Waals surface area (Å²) in [6.45, 7) is 3.05. The zero-order valence-corrected chi connectivity index (χ0v) is 25.5. The lowest BCUT2D eigenvalue weighted by Gasteiger charge is -2.38. The van der Waals surface area contributed by atoms with Gasteiger partial charge < -0.3 is 40.8 Å². The van der Waals surface area contributed by atoms with E-state index in [-0.39, 0.29) is 26.3 Å². The van der Waals surface area contributed by atoms with Crippen LogP contribution >= 0.6 is 0 Å². The van der Waals surface area contributed by atoms with Crippen LogP contribution in [0, 0.1) is 0 Å². The number of rotatable bonds is 20. The highest BCUT2D eigenvalue weighted by atomic mass is 16.6. The first-order chi connectivity index (χ1) is 21.2. The summed E-state index contributed by atoms with van der Waals surface area (Å²) in [6.07, 6.45) is 4.43. The average Bonchev–Trinajstić information content (AvgIpc) is 2.99. The van der Waals surface area contributed by atoms with Crippen LogP contribution in [0.4, 0.5) is 4.79 Å². The first-order valence-corrected chi connectivity index (χ1v) is 15.0. The van der Waals surface area contributed by atoms with E-state index in [1.54, 1.807) is 24.3 Å². The Morgan fingerprint density at radius 2 is 1.39 bits per heavy atom. The van der Waals surface area contributed by atoms with Crippen molar-refractivity contribution >= 4 is 35.7 Å². The molecule has 1 fully saturated rings. The highest BCUT2D eigenvalue weighted by Crippen LogP contribution is 2.36. The standard InChI is InChI=1S/C30H45N5O9/c1-3-5-15-42-28(40)30(13-10-14-30)44-21-34-25(37)18-32-27(39)23(17-22-11-8-7-9-12-22)35-26(38)20-31-24(36)19-33-29(41)43-16-6-4-2/h7-9,11-12,23H,3-6,10,13-21H2,1-2H3,(H,31,36)(H,32,39)(H,33,41)(H,34,37)(H,35,38)/t23-/m0/s1. The van der Waals surface area contributed by atoms with Crippen molar-refractivity contribution in [2.24, 2.45) is 0 Å². The highest BCUT2D eigenvalue weighted by molar-refractivity contribution is 5.92. The van der Waals surface area contributed by atoms with Gasteiger partial charge in [-0.2, -0.15) is 0 Å². The molecule has 1 aromatic rings. The van der Waals surface area contributed by atoms with Crippen LogP contribution in [-0.4, -0.2) is 86.9 Å². The molecule has 0 heterocycles. The molecule has 1 atom stereocenters. The SMILES string of the molecule is CCCCOC(=O)NCC(=O)NCC(=O)N[C@@H](Cc1ccccc1)C(=O)NCC(=O)NCOC1(C(=O)OCCCC)CCC1. The van der Waals surface area contributed by atoms with Crippen molar-refractivity contribution in [3.63, 3.8) is 0 Å². The van der Waals surface area contributed by atoms with Crippen LogP contribution in [0.5, 0.6) is 0 Å². The van der Waals surface area contributed by atoms with E-state index in [1.807, 2.05) is 19.9 Å². The highest BCUT2D eigenvalue weighted by Gasteiger charge is 2.47. The van der Waals surface area contributed by atoms with Gasteiger partial charge in [0.2, 0.25) is 23.6 Å². The lowest BCUT2D eigenvalue weighted by molar-refractivity contribution is -0.187. The molecule has 0 aliphatic heterocycles. The lowest BCUT2D eigenvalue weighted by atomic mass is 9.80. The van der Waals surface area contributed by atoms with Gasteiger partial charge >= 0.3 is 12.1 Å². The third-order valence-corrected chi connectivity index (χ3v) is 6.81. The second kappa shape index (κ2) is 19.9. The second-order valence-corrected chi connectivity index (χ2v) is 10.4. The van der Waals surface area contributed by atoms with Gasteiger partial charge in [-0.05, 0) is 37.7 Å². The van der Waals surface area contributed by atoms with E-state index >= 15 is 0 Å². The van der Waals surface area contributed by atoms with Crippen molar-refractivity contribution < 1.29 is 43.0 Å². The minimum atomic E-state index is -1.06. The van der Waals surface area contributed by atoms with E-state index in [0.29, 0.717) is 25.9 Å². The van der Waals surface area contributed by atoms with Gasteiger partial charge in [0.1, 0.15) is 19.3 Å². The van der Waals surface area contributed by atoms with Crippen LogP contribution in [0.2, 0.25) is 0 Å². The quantitative estimate of drug-likeness (QED) is 0.0799. The fourth-order valence-corrected chi connectivity index (χ4v) is 4.01. The Morgan fingerprint density at radius 1 is 0.773 bits per heavy atom. The molecular weight excluding hydrogens is 574 g/mol. The van der Waals surface area contributed by atoms with E-state index in [2.05, 4.69) is 26.6 Å². The first kappa shape index (κ1) is 36.0. The maximum absolute atomic E-state index is 13.0. The van der Waals surface area contributed by atoms with Gasteiger partial charge in [0.15, 0.2) is 5.60 Å². The second-order valence-electron chi connectivity index (χ2n) is 10.4. The Labute approximate surface area is 257 Å². The fourth-order valence-electron chi connectivity index (χ4n) is 4.01. The van der Waals surface area contributed by atoms with Crippen molar-refractivity contribution in [3.8, 4) is 0 Å². The van der Waals surface area contributed by atoms with Crippen molar-refractivity contribution in [3.05, 3.63) is 35.9 Å². The summed E-state index contributed by atoms with van der Waals surface area (Å²) in [4.78, 5) is 73.9. The van der Waals surface area contributed by atoms with Gasteiger partial charge in [0.05, 0.1) is 26.3 Å². The Kier molecular flexibility index (Phi) is 16.3. The molecule has 5 amide bonds. The maximum Gasteiger partial charge on any atom is 0.407 e. The molecule has 0 aromatic heterocycles. The number of alkyl carbamates (subject to hydrolysis) is 1. The summed E-state index contributed by atoms with van der Waals surface area (Å²) in [5.41, 5.74) is -0.295. The Hall–Kier alpha value is -4.20. The van der Waals surface area contributed by atoms with Gasteiger partial charge in [0.25, 0.3) is 0 Å². The number of nitrogens with one attached hydrogen (secondary N) is 5. The third kappa shape index (κ3) is 13.4. The van der Waals surface area contributed by atoms with Crippen molar-refractivity contribution in [1.29, 1.82) is 0 Å². The molecule has 244 valence electrons. The number of benzene rings is 1. The predicted molar refractivity (Wildman–Crippen MR) is 159 cm³/mol.